The number of hydrogen-bond acceptors (Lipinski definition) is 8. The summed E-state index contributed by atoms with van der Waals surface area (Å²) in [7, 11) is 0. The van der Waals surface area contributed by atoms with E-state index in [1.165, 1.54) is 25.1 Å². The van der Waals surface area contributed by atoms with Crippen molar-refractivity contribution in [3.63, 3.8) is 0 Å². The third-order valence-corrected chi connectivity index (χ3v) is 6.32. The van der Waals surface area contributed by atoms with Crippen LogP contribution in [-0.4, -0.2) is 47.0 Å². The zero-order chi connectivity index (χ0) is 26.3. The number of amides is 1. The molecular weight excluding hydrogens is 452 g/mol. The molecule has 0 spiro atoms. The van der Waals surface area contributed by atoms with Crippen molar-refractivity contribution in [1.82, 2.24) is 5.32 Å². The molecule has 1 unspecified atom stereocenters. The molecule has 0 bridgehead atoms. The predicted molar refractivity (Wildman–Crippen MR) is 130 cm³/mol. The highest BCUT2D eigenvalue weighted by atomic mass is 16.6. The maximum Gasteiger partial charge on any atom is 0.332 e. The Kier molecular flexibility index (Phi) is 10.1. The van der Waals surface area contributed by atoms with Gasteiger partial charge in [-0.2, -0.15) is 0 Å². The molecule has 9 nitrogen and oxygen atoms in total. The number of nitrogens with one attached hydrogen (secondary N) is 1. The van der Waals surface area contributed by atoms with Crippen LogP contribution in [-0.2, 0) is 23.9 Å². The van der Waals surface area contributed by atoms with Gasteiger partial charge in [0.25, 0.3) is 5.91 Å². The van der Waals surface area contributed by atoms with Gasteiger partial charge >= 0.3 is 11.9 Å². The number of hydrogen-bond donors (Lipinski definition) is 3. The summed E-state index contributed by atoms with van der Waals surface area (Å²) in [4.78, 5) is 51.8. The lowest BCUT2D eigenvalue weighted by Crippen LogP contribution is -2.50. The Morgan fingerprint density at radius 2 is 1.77 bits per heavy atom. The number of nitrogens with two attached hydrogens (primary N) is 1. The Balaban J connectivity index is 2.33. The molecule has 1 saturated heterocycles. The molecule has 9 heteroatoms. The number of anilines is 1. The van der Waals surface area contributed by atoms with Gasteiger partial charge in [-0.05, 0) is 38.3 Å². The Hall–Kier alpha value is -3.10. The van der Waals surface area contributed by atoms with Crippen molar-refractivity contribution in [1.29, 1.82) is 0 Å². The Morgan fingerprint density at radius 1 is 1.11 bits per heavy atom. The molecule has 1 aromatic carbocycles. The lowest BCUT2D eigenvalue weighted by atomic mass is 9.80. The summed E-state index contributed by atoms with van der Waals surface area (Å²) < 4.78 is 11.3. The number of cyclic esters (lactones) is 2. The smallest absolute Gasteiger partial charge is 0.332 e. The van der Waals surface area contributed by atoms with Gasteiger partial charge in [-0.1, -0.05) is 39.7 Å². The van der Waals surface area contributed by atoms with Gasteiger partial charge < -0.3 is 25.6 Å². The summed E-state index contributed by atoms with van der Waals surface area (Å²) in [6, 6.07) is 2.97. The molecule has 35 heavy (non-hydrogen) atoms. The number of rotatable bonds is 9. The molecule has 0 radical (unpaired) electrons. The van der Waals surface area contributed by atoms with Crippen LogP contribution in [0, 0.1) is 17.8 Å². The molecule has 1 fully saturated rings. The van der Waals surface area contributed by atoms with Gasteiger partial charge in [0.05, 0.1) is 17.2 Å². The zero-order valence-corrected chi connectivity index (χ0v) is 21.2. The monoisotopic (exact) mass is 490 g/mol. The first kappa shape index (κ1) is 28.1. The van der Waals surface area contributed by atoms with Crippen LogP contribution in [0.15, 0.2) is 18.2 Å². The van der Waals surface area contributed by atoms with Gasteiger partial charge in [0, 0.05) is 18.8 Å². The number of phenolic OH excluding ortho intramolecular Hbond substituents is 1. The quantitative estimate of drug-likeness (QED) is 0.271. The number of unbranched alkanes of at least 4 members (excludes halogenated alkanes) is 1. The number of aromatic hydroxyl groups is 1. The number of carbonyl (C=O) groups is 4. The van der Waals surface area contributed by atoms with E-state index in [1.807, 2.05) is 20.8 Å². The number of nitrogen functional groups attached to an aromatic ring is 1. The number of para-hydroxylation sites is 1. The van der Waals surface area contributed by atoms with E-state index < -0.39 is 53.7 Å². The van der Waals surface area contributed by atoms with Gasteiger partial charge in [-0.25, -0.2) is 4.79 Å². The molecular formula is C26H38N2O7. The largest absolute Gasteiger partial charge is 0.505 e. The second-order valence-corrected chi connectivity index (χ2v) is 9.73. The molecule has 0 aliphatic carbocycles. The third kappa shape index (κ3) is 7.44. The summed E-state index contributed by atoms with van der Waals surface area (Å²) in [6.45, 7) is 9.05. The molecule has 0 saturated carbocycles. The van der Waals surface area contributed by atoms with Crippen LogP contribution in [0.2, 0.25) is 0 Å². The summed E-state index contributed by atoms with van der Waals surface area (Å²) >= 11 is 0. The Morgan fingerprint density at radius 3 is 2.40 bits per heavy atom. The number of phenols is 1. The minimum atomic E-state index is -1.31. The highest BCUT2D eigenvalue weighted by Crippen LogP contribution is 2.32. The zero-order valence-electron chi connectivity index (χ0n) is 21.2. The van der Waals surface area contributed by atoms with E-state index in [2.05, 4.69) is 5.32 Å². The molecule has 1 aliphatic rings. The average molecular weight is 491 g/mol. The summed E-state index contributed by atoms with van der Waals surface area (Å²) in [5.41, 5.74) is 5.56. The molecule has 1 amide bonds. The van der Waals surface area contributed by atoms with Gasteiger partial charge in [0.15, 0.2) is 11.8 Å². The van der Waals surface area contributed by atoms with Crippen LogP contribution in [0.1, 0.15) is 77.1 Å². The Labute approximate surface area is 206 Å². The number of ketones is 1. The Bertz CT molecular complexity index is 930. The highest BCUT2D eigenvalue weighted by Gasteiger charge is 2.42. The second-order valence-electron chi connectivity index (χ2n) is 9.73. The topological polar surface area (TPSA) is 145 Å². The van der Waals surface area contributed by atoms with E-state index >= 15 is 0 Å². The normalized spacial score (nSPS) is 25.1. The SMILES string of the molecule is CCCC[C@H]1C(=O)O[C@H](C)C(NC(=O)c2cccc(N)c2O)C(=O)O[C@@H](C)[C@@H]1CC(=O)CC(C)C. The lowest BCUT2D eigenvalue weighted by molar-refractivity contribution is -0.157. The fraction of sp³-hybridized carbons (Fsp3) is 0.615. The van der Waals surface area contributed by atoms with Crippen LogP contribution >= 0.6 is 0 Å². The van der Waals surface area contributed by atoms with Crippen molar-refractivity contribution < 1.29 is 33.8 Å². The molecule has 4 N–H and O–H groups in total. The fourth-order valence-electron chi connectivity index (χ4n) is 4.38. The van der Waals surface area contributed by atoms with Crippen LogP contribution in [0.5, 0.6) is 5.75 Å². The molecule has 1 aromatic rings. The van der Waals surface area contributed by atoms with Gasteiger partial charge in [-0.15, -0.1) is 0 Å². The maximum atomic E-state index is 13.2. The van der Waals surface area contributed by atoms with Crippen molar-refractivity contribution in [2.45, 2.75) is 85.0 Å². The minimum absolute atomic E-state index is 0.00325. The van der Waals surface area contributed by atoms with Crippen molar-refractivity contribution in [2.24, 2.45) is 17.8 Å². The number of ether oxygens (including phenoxy) is 2. The van der Waals surface area contributed by atoms with Crippen LogP contribution in [0.4, 0.5) is 5.69 Å². The first-order chi connectivity index (χ1) is 16.5. The van der Waals surface area contributed by atoms with Crippen LogP contribution in [0.3, 0.4) is 0 Å². The first-order valence-electron chi connectivity index (χ1n) is 12.3. The maximum absolute atomic E-state index is 13.2. The van der Waals surface area contributed by atoms with E-state index in [9.17, 15) is 24.3 Å². The summed E-state index contributed by atoms with van der Waals surface area (Å²) in [5.74, 6) is -3.48. The summed E-state index contributed by atoms with van der Waals surface area (Å²) in [5, 5.41) is 12.6. The highest BCUT2D eigenvalue weighted by molar-refractivity contribution is 6.00. The average Bonchev–Trinajstić information content (AvgIpc) is 2.79. The van der Waals surface area contributed by atoms with Gasteiger partial charge in [0.1, 0.15) is 18.0 Å². The molecule has 5 atom stereocenters. The molecule has 1 aliphatic heterocycles. The third-order valence-electron chi connectivity index (χ3n) is 6.32. The fourth-order valence-corrected chi connectivity index (χ4v) is 4.38. The van der Waals surface area contributed by atoms with E-state index in [0.717, 1.165) is 12.8 Å². The number of benzene rings is 1. The molecule has 1 heterocycles. The van der Waals surface area contributed by atoms with Crippen LogP contribution in [0.25, 0.3) is 0 Å². The number of carbonyl (C=O) groups excluding carboxylic acids is 4. The molecule has 2 rings (SSSR count). The first-order valence-corrected chi connectivity index (χ1v) is 12.3. The van der Waals surface area contributed by atoms with Crippen molar-refractivity contribution in [3.8, 4) is 5.75 Å². The number of Topliss-reactive ketones (excluding diaryl/α,β-unsaturated/α-hetero) is 1. The van der Waals surface area contributed by atoms with Gasteiger partial charge in [-0.3, -0.25) is 14.4 Å². The molecule has 194 valence electrons. The standard InChI is InChI=1S/C26H38N2O7/c1-6-7-9-18-20(13-17(29)12-14(2)3)15(4)34-26(33)22(16(5)35-25(18)32)28-24(31)19-10-8-11-21(27)23(19)30/h8,10-11,14-16,18,20,22,30H,6-7,9,12-13,27H2,1-5H3,(H,28,31)/t15-,16+,18+,20-,22?/m0/s1. The van der Waals surface area contributed by atoms with Crippen molar-refractivity contribution in [2.75, 3.05) is 5.73 Å². The van der Waals surface area contributed by atoms with E-state index in [1.54, 1.807) is 6.92 Å². The second kappa shape index (κ2) is 12.6. The van der Waals surface area contributed by atoms with Crippen molar-refractivity contribution in [3.05, 3.63) is 23.8 Å². The van der Waals surface area contributed by atoms with Crippen molar-refractivity contribution >= 4 is 29.3 Å². The minimum Gasteiger partial charge on any atom is -0.505 e. The lowest BCUT2D eigenvalue weighted by Gasteiger charge is -2.29. The summed E-state index contributed by atoms with van der Waals surface area (Å²) in [6.07, 6.45) is 0.769. The van der Waals surface area contributed by atoms with E-state index in [4.69, 9.17) is 15.2 Å². The van der Waals surface area contributed by atoms with Crippen LogP contribution < -0.4 is 11.1 Å². The molecule has 0 aromatic heterocycles. The van der Waals surface area contributed by atoms with Gasteiger partial charge in [0.2, 0.25) is 0 Å². The predicted octanol–water partition coefficient (Wildman–Crippen LogP) is 3.38. The number of esters is 2. The van der Waals surface area contributed by atoms with E-state index in [-0.39, 0.29) is 29.4 Å². The van der Waals surface area contributed by atoms with E-state index in [0.29, 0.717) is 12.8 Å².